The lowest BCUT2D eigenvalue weighted by Crippen LogP contribution is -2.04. The summed E-state index contributed by atoms with van der Waals surface area (Å²) in [5.41, 5.74) is 1.72. The van der Waals surface area contributed by atoms with Gasteiger partial charge in [-0.25, -0.2) is 4.98 Å². The highest BCUT2D eigenvalue weighted by atomic mass is 35.5. The van der Waals surface area contributed by atoms with Crippen LogP contribution in [0.25, 0.3) is 11.6 Å². The Hall–Kier alpha value is -2.36. The van der Waals surface area contributed by atoms with E-state index in [0.717, 1.165) is 0 Å². The highest BCUT2D eigenvalue weighted by Crippen LogP contribution is 2.26. The summed E-state index contributed by atoms with van der Waals surface area (Å²) in [5.74, 6) is 0.358. The molecule has 3 aromatic rings. The standard InChI is InChI=1S/C18H12Cl2N2O/c19-14-7-6-13(16(20)11-14)10-15(18-21-8-9-22-18)17(23)12-4-2-1-3-5-12/h1-11H,(H,21,22)/b15-10-. The molecule has 0 aliphatic carbocycles. The molecule has 0 aliphatic rings. The zero-order valence-corrected chi connectivity index (χ0v) is 13.5. The topological polar surface area (TPSA) is 45.8 Å². The predicted molar refractivity (Wildman–Crippen MR) is 93.7 cm³/mol. The van der Waals surface area contributed by atoms with E-state index in [1.807, 2.05) is 18.2 Å². The number of ketones is 1. The number of nitrogens with zero attached hydrogens (tertiary/aromatic N) is 1. The van der Waals surface area contributed by atoms with Crippen LogP contribution in [0.3, 0.4) is 0 Å². The van der Waals surface area contributed by atoms with Gasteiger partial charge in [-0.1, -0.05) is 59.6 Å². The molecule has 0 bridgehead atoms. The summed E-state index contributed by atoms with van der Waals surface area (Å²) in [4.78, 5) is 20.0. The molecule has 3 rings (SSSR count). The van der Waals surface area contributed by atoms with Crippen molar-refractivity contribution in [2.24, 2.45) is 0 Å². The number of aromatic amines is 1. The largest absolute Gasteiger partial charge is 0.345 e. The normalized spacial score (nSPS) is 11.5. The van der Waals surface area contributed by atoms with Crippen molar-refractivity contribution in [1.29, 1.82) is 0 Å². The molecule has 114 valence electrons. The molecule has 0 saturated carbocycles. The summed E-state index contributed by atoms with van der Waals surface area (Å²) in [6.45, 7) is 0. The van der Waals surface area contributed by atoms with Crippen molar-refractivity contribution in [3.05, 3.63) is 87.9 Å². The zero-order chi connectivity index (χ0) is 16.2. The van der Waals surface area contributed by atoms with Crippen LogP contribution in [-0.2, 0) is 0 Å². The van der Waals surface area contributed by atoms with Gasteiger partial charge in [0.25, 0.3) is 0 Å². The third-order valence-electron chi connectivity index (χ3n) is 3.30. The third-order valence-corrected chi connectivity index (χ3v) is 3.86. The highest BCUT2D eigenvalue weighted by molar-refractivity contribution is 6.37. The fourth-order valence-electron chi connectivity index (χ4n) is 2.17. The van der Waals surface area contributed by atoms with Crippen LogP contribution in [0, 0.1) is 0 Å². The number of halogens is 2. The van der Waals surface area contributed by atoms with E-state index in [2.05, 4.69) is 9.97 Å². The Bertz CT molecular complexity index is 856. The van der Waals surface area contributed by atoms with Crippen LogP contribution in [0.4, 0.5) is 0 Å². The lowest BCUT2D eigenvalue weighted by molar-refractivity contribution is 0.105. The van der Waals surface area contributed by atoms with Crippen molar-refractivity contribution in [3.63, 3.8) is 0 Å². The van der Waals surface area contributed by atoms with Crippen molar-refractivity contribution in [3.8, 4) is 0 Å². The Morgan fingerprint density at radius 3 is 2.52 bits per heavy atom. The molecule has 5 heteroatoms. The number of benzene rings is 2. The Morgan fingerprint density at radius 2 is 1.87 bits per heavy atom. The second kappa shape index (κ2) is 6.82. The molecule has 1 heterocycles. The van der Waals surface area contributed by atoms with Crippen LogP contribution in [0.5, 0.6) is 0 Å². The molecule has 0 unspecified atom stereocenters. The van der Waals surface area contributed by atoms with Crippen LogP contribution in [-0.4, -0.2) is 15.8 Å². The minimum Gasteiger partial charge on any atom is -0.345 e. The van der Waals surface area contributed by atoms with Crippen LogP contribution < -0.4 is 0 Å². The monoisotopic (exact) mass is 342 g/mol. The van der Waals surface area contributed by atoms with Crippen LogP contribution >= 0.6 is 23.2 Å². The molecule has 0 aliphatic heterocycles. The lowest BCUT2D eigenvalue weighted by atomic mass is 10.0. The van der Waals surface area contributed by atoms with Crippen molar-refractivity contribution >= 4 is 40.6 Å². The van der Waals surface area contributed by atoms with E-state index in [-0.39, 0.29) is 5.78 Å². The first-order valence-corrected chi connectivity index (χ1v) is 7.67. The van der Waals surface area contributed by atoms with Gasteiger partial charge in [0.15, 0.2) is 5.78 Å². The Morgan fingerprint density at radius 1 is 1.09 bits per heavy atom. The summed E-state index contributed by atoms with van der Waals surface area (Å²) in [6.07, 6.45) is 4.99. The molecule has 0 atom stereocenters. The van der Waals surface area contributed by atoms with Gasteiger partial charge in [-0.05, 0) is 23.8 Å². The van der Waals surface area contributed by atoms with Crippen molar-refractivity contribution < 1.29 is 4.79 Å². The maximum Gasteiger partial charge on any atom is 0.196 e. The summed E-state index contributed by atoms with van der Waals surface area (Å²) >= 11 is 12.1. The average molecular weight is 343 g/mol. The predicted octanol–water partition coefficient (Wildman–Crippen LogP) is 5.14. The molecular formula is C18H12Cl2N2O. The van der Waals surface area contributed by atoms with E-state index in [1.54, 1.807) is 48.8 Å². The molecule has 2 aromatic carbocycles. The minimum absolute atomic E-state index is 0.133. The molecular weight excluding hydrogens is 331 g/mol. The molecule has 0 saturated heterocycles. The number of allylic oxidation sites excluding steroid dienone is 1. The van der Waals surface area contributed by atoms with Gasteiger partial charge in [0.1, 0.15) is 5.82 Å². The number of aromatic nitrogens is 2. The maximum atomic E-state index is 12.8. The van der Waals surface area contributed by atoms with Gasteiger partial charge in [-0.2, -0.15) is 0 Å². The third kappa shape index (κ3) is 3.52. The van der Waals surface area contributed by atoms with E-state index in [1.165, 1.54) is 0 Å². The average Bonchev–Trinajstić information content (AvgIpc) is 3.08. The van der Waals surface area contributed by atoms with Crippen molar-refractivity contribution in [2.45, 2.75) is 0 Å². The van der Waals surface area contributed by atoms with Crippen molar-refractivity contribution in [2.75, 3.05) is 0 Å². The summed E-state index contributed by atoms with van der Waals surface area (Å²) in [7, 11) is 0. The van der Waals surface area contributed by atoms with E-state index in [4.69, 9.17) is 23.2 Å². The number of imidazole rings is 1. The second-order valence-corrected chi connectivity index (χ2v) is 5.70. The number of carbonyl (C=O) groups excluding carboxylic acids is 1. The zero-order valence-electron chi connectivity index (χ0n) is 12.0. The van der Waals surface area contributed by atoms with E-state index >= 15 is 0 Å². The van der Waals surface area contributed by atoms with E-state index in [9.17, 15) is 4.79 Å². The van der Waals surface area contributed by atoms with Crippen LogP contribution in [0.2, 0.25) is 10.0 Å². The van der Waals surface area contributed by atoms with Gasteiger partial charge in [0.2, 0.25) is 0 Å². The summed E-state index contributed by atoms with van der Waals surface area (Å²) in [5, 5.41) is 1.02. The number of H-pyrrole nitrogens is 1. The van der Waals surface area contributed by atoms with Gasteiger partial charge < -0.3 is 4.98 Å². The first-order valence-electron chi connectivity index (χ1n) is 6.91. The highest BCUT2D eigenvalue weighted by Gasteiger charge is 2.17. The Kier molecular flexibility index (Phi) is 4.60. The summed E-state index contributed by atoms with van der Waals surface area (Å²) in [6, 6.07) is 14.2. The molecule has 1 aromatic heterocycles. The summed E-state index contributed by atoms with van der Waals surface area (Å²) < 4.78 is 0. The van der Waals surface area contributed by atoms with Gasteiger partial charge in [-0.3, -0.25) is 4.79 Å². The van der Waals surface area contributed by atoms with Crippen LogP contribution in [0.15, 0.2) is 60.9 Å². The number of rotatable bonds is 4. The first kappa shape index (κ1) is 15.5. The number of hydrogen-bond donors (Lipinski definition) is 1. The quantitative estimate of drug-likeness (QED) is 0.527. The molecule has 1 N–H and O–H groups in total. The fraction of sp³-hybridized carbons (Fsp3) is 0. The van der Waals surface area contributed by atoms with Gasteiger partial charge in [-0.15, -0.1) is 0 Å². The van der Waals surface area contributed by atoms with Gasteiger partial charge >= 0.3 is 0 Å². The second-order valence-electron chi connectivity index (χ2n) is 4.86. The molecule has 0 radical (unpaired) electrons. The minimum atomic E-state index is -0.133. The first-order chi connectivity index (χ1) is 11.1. The molecule has 3 nitrogen and oxygen atoms in total. The molecule has 23 heavy (non-hydrogen) atoms. The fourth-order valence-corrected chi connectivity index (χ4v) is 2.64. The Labute approximate surface area is 143 Å². The molecule has 0 amide bonds. The lowest BCUT2D eigenvalue weighted by Gasteiger charge is -2.06. The molecule has 0 spiro atoms. The van der Waals surface area contributed by atoms with Gasteiger partial charge in [0, 0.05) is 28.0 Å². The van der Waals surface area contributed by atoms with E-state index < -0.39 is 0 Å². The maximum absolute atomic E-state index is 12.8. The number of hydrogen-bond acceptors (Lipinski definition) is 2. The SMILES string of the molecule is O=C(/C(=C/c1ccc(Cl)cc1Cl)c1ncc[nH]1)c1ccccc1. The van der Waals surface area contributed by atoms with Crippen LogP contribution in [0.1, 0.15) is 21.7 Å². The Balaban J connectivity index is 2.10. The number of carbonyl (C=O) groups is 1. The van der Waals surface area contributed by atoms with Gasteiger partial charge in [0.05, 0.1) is 5.57 Å². The smallest absolute Gasteiger partial charge is 0.196 e. The van der Waals surface area contributed by atoms with E-state index in [0.29, 0.717) is 32.6 Å². The number of nitrogens with one attached hydrogen (secondary N) is 1. The van der Waals surface area contributed by atoms with Crippen molar-refractivity contribution in [1.82, 2.24) is 9.97 Å². The number of Topliss-reactive ketones (excluding diaryl/α,β-unsaturated/α-hetero) is 1. The molecule has 0 fully saturated rings.